The van der Waals surface area contributed by atoms with Gasteiger partial charge in [0.1, 0.15) is 0 Å². The van der Waals surface area contributed by atoms with Gasteiger partial charge in [-0.25, -0.2) is 9.97 Å². The van der Waals surface area contributed by atoms with Gasteiger partial charge in [-0.05, 0) is 25.1 Å². The molecule has 1 aliphatic heterocycles. The highest BCUT2D eigenvalue weighted by Crippen LogP contribution is 2.34. The maximum atomic E-state index is 13.1. The first-order chi connectivity index (χ1) is 12.9. The molecular weight excluding hydrogens is 359 g/mol. The highest BCUT2D eigenvalue weighted by Gasteiger charge is 2.35. The van der Waals surface area contributed by atoms with E-state index in [1.54, 1.807) is 25.4 Å². The van der Waals surface area contributed by atoms with Gasteiger partial charge in [0.15, 0.2) is 6.04 Å². The quantitative estimate of drug-likeness (QED) is 0.838. The van der Waals surface area contributed by atoms with E-state index in [0.717, 1.165) is 11.0 Å². The van der Waals surface area contributed by atoms with Gasteiger partial charge >= 0.3 is 6.18 Å². The Morgan fingerprint density at radius 3 is 2.41 bits per heavy atom. The number of aromatic nitrogens is 2. The predicted molar refractivity (Wildman–Crippen MR) is 94.5 cm³/mol. The first kappa shape index (κ1) is 19.1. The van der Waals surface area contributed by atoms with Crippen LogP contribution in [-0.4, -0.2) is 48.1 Å². The van der Waals surface area contributed by atoms with Crippen molar-refractivity contribution in [2.75, 3.05) is 36.4 Å². The Kier molecular flexibility index (Phi) is 5.59. The lowest BCUT2D eigenvalue weighted by atomic mass is 10.1. The summed E-state index contributed by atoms with van der Waals surface area (Å²) < 4.78 is 39.3. The van der Waals surface area contributed by atoms with Crippen molar-refractivity contribution in [3.8, 4) is 0 Å². The molecule has 0 bridgehead atoms. The molecule has 0 spiro atoms. The number of amides is 1. The molecule has 2 aromatic rings. The highest BCUT2D eigenvalue weighted by molar-refractivity contribution is 5.94. The zero-order chi connectivity index (χ0) is 19.4. The van der Waals surface area contributed by atoms with Crippen molar-refractivity contribution in [2.45, 2.75) is 19.1 Å². The SMILES string of the molecule is C[C@H](C(=O)Nc1ccccc1C(F)(F)F)[NH+]1CCN(c2ncccn2)CC1. The molecule has 1 aromatic carbocycles. The summed E-state index contributed by atoms with van der Waals surface area (Å²) in [6.45, 7) is 4.43. The molecule has 9 heteroatoms. The van der Waals surface area contributed by atoms with E-state index in [2.05, 4.69) is 15.3 Å². The van der Waals surface area contributed by atoms with E-state index < -0.39 is 23.7 Å². The highest BCUT2D eigenvalue weighted by atomic mass is 19.4. The second-order valence-corrected chi connectivity index (χ2v) is 6.45. The van der Waals surface area contributed by atoms with Gasteiger partial charge < -0.3 is 15.1 Å². The van der Waals surface area contributed by atoms with Crippen molar-refractivity contribution in [2.24, 2.45) is 0 Å². The monoisotopic (exact) mass is 380 g/mol. The standard InChI is InChI=1S/C18H20F3N5O/c1-13(16(27)24-15-6-3-2-5-14(15)18(19,20)21)25-9-11-26(12-10-25)17-22-7-4-8-23-17/h2-8,13H,9-12H2,1H3,(H,24,27)/p+1/t13-/m1/s1. The van der Waals surface area contributed by atoms with Crippen LogP contribution < -0.4 is 15.1 Å². The molecule has 0 unspecified atom stereocenters. The Bertz CT molecular complexity index is 776. The average molecular weight is 380 g/mol. The van der Waals surface area contributed by atoms with Crippen molar-refractivity contribution in [3.63, 3.8) is 0 Å². The number of carbonyl (C=O) groups excluding carboxylic acids is 1. The third-order valence-electron chi connectivity index (χ3n) is 4.74. The Labute approximate surface area is 155 Å². The van der Waals surface area contributed by atoms with E-state index in [1.165, 1.54) is 18.2 Å². The molecule has 1 aliphatic rings. The third-order valence-corrected chi connectivity index (χ3v) is 4.74. The fraction of sp³-hybridized carbons (Fsp3) is 0.389. The lowest BCUT2D eigenvalue weighted by Crippen LogP contribution is -3.19. The number of anilines is 2. The zero-order valence-electron chi connectivity index (χ0n) is 14.8. The van der Waals surface area contributed by atoms with Gasteiger partial charge in [0.2, 0.25) is 5.95 Å². The summed E-state index contributed by atoms with van der Waals surface area (Å²) in [7, 11) is 0. The van der Waals surface area contributed by atoms with Crippen molar-refractivity contribution in [1.29, 1.82) is 0 Å². The predicted octanol–water partition coefficient (Wildman–Crippen LogP) is 1.23. The second kappa shape index (κ2) is 7.91. The zero-order valence-corrected chi connectivity index (χ0v) is 14.8. The minimum atomic E-state index is -4.51. The minimum Gasteiger partial charge on any atom is -0.330 e. The molecule has 1 atom stereocenters. The smallest absolute Gasteiger partial charge is 0.330 e. The first-order valence-electron chi connectivity index (χ1n) is 8.70. The van der Waals surface area contributed by atoms with E-state index in [1.807, 2.05) is 4.90 Å². The van der Waals surface area contributed by atoms with E-state index >= 15 is 0 Å². The Morgan fingerprint density at radius 2 is 1.78 bits per heavy atom. The molecule has 1 saturated heterocycles. The second-order valence-electron chi connectivity index (χ2n) is 6.45. The van der Waals surface area contributed by atoms with E-state index in [0.29, 0.717) is 32.1 Å². The minimum absolute atomic E-state index is 0.211. The molecule has 0 saturated carbocycles. The number of nitrogens with zero attached hydrogens (tertiary/aromatic N) is 3. The van der Waals surface area contributed by atoms with Crippen LogP contribution >= 0.6 is 0 Å². The van der Waals surface area contributed by atoms with Gasteiger partial charge in [0.25, 0.3) is 5.91 Å². The fourth-order valence-corrected chi connectivity index (χ4v) is 3.15. The number of rotatable bonds is 4. The Hall–Kier alpha value is -2.68. The molecular formula is C18H21F3N5O+. The molecule has 27 heavy (non-hydrogen) atoms. The topological polar surface area (TPSA) is 62.6 Å². The number of benzene rings is 1. The molecule has 144 valence electrons. The van der Waals surface area contributed by atoms with Gasteiger partial charge in [0, 0.05) is 12.4 Å². The maximum absolute atomic E-state index is 13.1. The molecule has 6 nitrogen and oxygen atoms in total. The van der Waals surface area contributed by atoms with Crippen LogP contribution in [0.4, 0.5) is 24.8 Å². The van der Waals surface area contributed by atoms with Gasteiger partial charge in [-0.3, -0.25) is 4.79 Å². The number of hydrogen-bond acceptors (Lipinski definition) is 4. The summed E-state index contributed by atoms with van der Waals surface area (Å²) >= 11 is 0. The summed E-state index contributed by atoms with van der Waals surface area (Å²) in [4.78, 5) is 24.0. The maximum Gasteiger partial charge on any atom is 0.418 e. The molecule has 2 N–H and O–H groups in total. The van der Waals surface area contributed by atoms with Crippen molar-refractivity contribution < 1.29 is 22.9 Å². The summed E-state index contributed by atoms with van der Waals surface area (Å²) in [6.07, 6.45) is -1.16. The third kappa shape index (κ3) is 4.54. The van der Waals surface area contributed by atoms with E-state index in [4.69, 9.17) is 0 Å². The lowest BCUT2D eigenvalue weighted by Gasteiger charge is -2.34. The van der Waals surface area contributed by atoms with Crippen molar-refractivity contribution in [1.82, 2.24) is 9.97 Å². The Balaban J connectivity index is 1.61. The van der Waals surface area contributed by atoms with Crippen LogP contribution in [0, 0.1) is 0 Å². The number of piperazine rings is 1. The summed E-state index contributed by atoms with van der Waals surface area (Å²) in [5, 5.41) is 2.44. The Morgan fingerprint density at radius 1 is 1.15 bits per heavy atom. The number of carbonyl (C=O) groups is 1. The molecule has 2 heterocycles. The first-order valence-corrected chi connectivity index (χ1v) is 8.70. The van der Waals surface area contributed by atoms with Crippen LogP contribution in [0.15, 0.2) is 42.7 Å². The number of halogens is 3. The normalized spacial score (nSPS) is 16.8. The number of hydrogen-bond donors (Lipinski definition) is 2. The van der Waals surface area contributed by atoms with Gasteiger partial charge in [-0.1, -0.05) is 12.1 Å². The van der Waals surface area contributed by atoms with E-state index in [-0.39, 0.29) is 5.69 Å². The van der Waals surface area contributed by atoms with Crippen molar-refractivity contribution in [3.05, 3.63) is 48.3 Å². The fourth-order valence-electron chi connectivity index (χ4n) is 3.15. The van der Waals surface area contributed by atoms with Crippen LogP contribution in [0.1, 0.15) is 12.5 Å². The van der Waals surface area contributed by atoms with Gasteiger partial charge in [-0.15, -0.1) is 0 Å². The van der Waals surface area contributed by atoms with Gasteiger partial charge in [0.05, 0.1) is 37.4 Å². The summed E-state index contributed by atoms with van der Waals surface area (Å²) in [6, 6.07) is 6.29. The lowest BCUT2D eigenvalue weighted by molar-refractivity contribution is -0.914. The van der Waals surface area contributed by atoms with Crippen LogP contribution in [0.25, 0.3) is 0 Å². The number of alkyl halides is 3. The number of quaternary nitrogens is 1. The average Bonchev–Trinajstić information content (AvgIpc) is 2.68. The largest absolute Gasteiger partial charge is 0.418 e. The number of para-hydroxylation sites is 1. The summed E-state index contributed by atoms with van der Waals surface area (Å²) in [5.41, 5.74) is -1.05. The van der Waals surface area contributed by atoms with E-state index in [9.17, 15) is 18.0 Å². The molecule has 0 radical (unpaired) electrons. The molecule has 1 fully saturated rings. The van der Waals surface area contributed by atoms with Crippen LogP contribution in [0.2, 0.25) is 0 Å². The number of nitrogens with one attached hydrogen (secondary N) is 2. The molecule has 0 aliphatic carbocycles. The molecule has 1 amide bonds. The van der Waals surface area contributed by atoms with Gasteiger partial charge in [-0.2, -0.15) is 13.2 Å². The van der Waals surface area contributed by atoms with Crippen LogP contribution in [0.3, 0.4) is 0 Å². The summed E-state index contributed by atoms with van der Waals surface area (Å²) in [5.74, 6) is 0.221. The van der Waals surface area contributed by atoms with Crippen LogP contribution in [0.5, 0.6) is 0 Å². The molecule has 3 rings (SSSR count). The molecule has 1 aromatic heterocycles. The van der Waals surface area contributed by atoms with Crippen molar-refractivity contribution >= 4 is 17.5 Å². The van der Waals surface area contributed by atoms with Crippen LogP contribution in [-0.2, 0) is 11.0 Å².